The first-order chi connectivity index (χ1) is 19.4. The molecule has 1 fully saturated rings. The molecule has 4 aromatic rings. The second-order valence-electron chi connectivity index (χ2n) is 9.45. The number of nitrogen functional groups attached to an aromatic ring is 1. The van der Waals surface area contributed by atoms with Gasteiger partial charge in [-0.2, -0.15) is 0 Å². The van der Waals surface area contributed by atoms with E-state index >= 15 is 0 Å². The Balaban J connectivity index is 1.29. The Bertz CT molecular complexity index is 1460. The fraction of sp³-hybridized carbons (Fsp3) is 0.370. The highest BCUT2D eigenvalue weighted by atomic mass is 33.1. The number of rotatable bonds is 12. The Labute approximate surface area is 241 Å². The summed E-state index contributed by atoms with van der Waals surface area (Å²) in [6.45, 7) is 4.64. The average Bonchev–Trinajstić information content (AvgIpc) is 3.37. The quantitative estimate of drug-likeness (QED) is 0.158. The van der Waals surface area contributed by atoms with Crippen molar-refractivity contribution in [1.82, 2.24) is 19.5 Å². The highest BCUT2D eigenvalue weighted by Crippen LogP contribution is 2.52. The van der Waals surface area contributed by atoms with Crippen LogP contribution in [0.15, 0.2) is 67.3 Å². The highest BCUT2D eigenvalue weighted by molar-refractivity contribution is 8.76. The Morgan fingerprint density at radius 2 is 1.80 bits per heavy atom. The van der Waals surface area contributed by atoms with Gasteiger partial charge in [0.05, 0.1) is 31.7 Å². The number of nitrogens with two attached hydrogens (primary N) is 1. The smallest absolute Gasteiger partial charge is 0.405 e. The predicted octanol–water partition coefficient (Wildman–Crippen LogP) is 5.72. The second-order valence-corrected chi connectivity index (χ2v) is 13.9. The van der Waals surface area contributed by atoms with Crippen molar-refractivity contribution >= 4 is 46.2 Å². The molecule has 40 heavy (non-hydrogen) atoms. The molecule has 0 aliphatic carbocycles. The minimum atomic E-state index is -3.76. The van der Waals surface area contributed by atoms with Crippen molar-refractivity contribution in [3.63, 3.8) is 0 Å². The zero-order valence-corrected chi connectivity index (χ0v) is 24.8. The van der Waals surface area contributed by atoms with E-state index in [2.05, 4.69) is 15.0 Å². The van der Waals surface area contributed by atoms with Crippen LogP contribution in [0.5, 0.6) is 5.75 Å². The van der Waals surface area contributed by atoms with E-state index in [0.717, 1.165) is 11.1 Å². The first-order valence-electron chi connectivity index (χ1n) is 12.9. The van der Waals surface area contributed by atoms with E-state index in [9.17, 15) is 4.57 Å². The van der Waals surface area contributed by atoms with Crippen LogP contribution in [-0.4, -0.2) is 55.7 Å². The van der Waals surface area contributed by atoms with Gasteiger partial charge in [0.2, 0.25) is 0 Å². The maximum Gasteiger partial charge on any atom is 0.405 e. The van der Waals surface area contributed by atoms with E-state index in [1.165, 1.54) is 6.33 Å². The number of ether oxygens (including phenoxy) is 2. The van der Waals surface area contributed by atoms with Gasteiger partial charge in [0.1, 0.15) is 23.7 Å². The fourth-order valence-corrected chi connectivity index (χ4v) is 8.41. The molecular weight excluding hydrogens is 569 g/mol. The van der Waals surface area contributed by atoms with Gasteiger partial charge in [-0.15, -0.1) is 0 Å². The van der Waals surface area contributed by atoms with Crippen molar-refractivity contribution in [2.45, 2.75) is 45.3 Å². The van der Waals surface area contributed by atoms with Gasteiger partial charge >= 0.3 is 7.60 Å². The van der Waals surface area contributed by atoms with Crippen molar-refractivity contribution in [3.05, 3.63) is 78.4 Å². The summed E-state index contributed by atoms with van der Waals surface area (Å²) in [5.74, 6) is 2.13. The molecule has 0 amide bonds. The van der Waals surface area contributed by atoms with Crippen LogP contribution < -0.4 is 10.3 Å². The largest absolute Gasteiger partial charge is 0.423 e. The van der Waals surface area contributed by atoms with E-state index in [1.54, 1.807) is 34.0 Å². The summed E-state index contributed by atoms with van der Waals surface area (Å²) in [4.78, 5) is 12.6. The maximum absolute atomic E-state index is 14.3. The molecule has 1 aliphatic rings. The Hall–Kier alpha value is -2.60. The monoisotopic (exact) mass is 601 g/mol. The molecule has 1 aliphatic heterocycles. The van der Waals surface area contributed by atoms with Crippen molar-refractivity contribution in [3.8, 4) is 5.75 Å². The summed E-state index contributed by atoms with van der Waals surface area (Å²) in [5, 5.41) is 0. The standard InChI is InChI=1S/C27H32N5O5PS2/c1-19-8-6-7-11-22(19)36-38(33,18-35-20(2)12-32-17-31-25-26(28)29-16-30-27(25)32)37-24-15-40-39-14-23(24)34-13-21-9-4-3-5-10-21/h3-11,16-17,20,23-24H,12-15,18H2,1-2H3,(H2,28,29,30)/t20-,23+,24+,38?/m1/s1. The van der Waals surface area contributed by atoms with E-state index in [0.29, 0.717) is 47.4 Å². The van der Waals surface area contributed by atoms with Crippen molar-refractivity contribution in [2.75, 3.05) is 23.6 Å². The molecule has 1 unspecified atom stereocenters. The third kappa shape index (κ3) is 7.37. The minimum absolute atomic E-state index is 0.230. The molecule has 212 valence electrons. The normalized spacial score (nSPS) is 19.8. The van der Waals surface area contributed by atoms with Crippen LogP contribution in [0.3, 0.4) is 0 Å². The van der Waals surface area contributed by atoms with Crippen LogP contribution in [0.1, 0.15) is 18.1 Å². The lowest BCUT2D eigenvalue weighted by Gasteiger charge is -2.33. The predicted molar refractivity (Wildman–Crippen MR) is 159 cm³/mol. The maximum atomic E-state index is 14.3. The minimum Gasteiger partial charge on any atom is -0.423 e. The lowest BCUT2D eigenvalue weighted by molar-refractivity contribution is -0.0192. The summed E-state index contributed by atoms with van der Waals surface area (Å²) in [6, 6.07) is 17.4. The topological polar surface area (TPSA) is 124 Å². The number of imidazole rings is 1. The number of para-hydroxylation sites is 1. The molecule has 3 heterocycles. The van der Waals surface area contributed by atoms with Crippen LogP contribution in [-0.2, 0) is 31.7 Å². The molecule has 0 saturated carbocycles. The van der Waals surface area contributed by atoms with Crippen LogP contribution in [0, 0.1) is 6.92 Å². The number of benzene rings is 2. The van der Waals surface area contributed by atoms with Gasteiger partial charge in [0.25, 0.3) is 0 Å². The Morgan fingerprint density at radius 1 is 1.05 bits per heavy atom. The third-order valence-corrected chi connectivity index (χ3v) is 10.2. The van der Waals surface area contributed by atoms with E-state index in [4.69, 9.17) is 24.3 Å². The molecular formula is C27H32N5O5PS2. The lowest BCUT2D eigenvalue weighted by atomic mass is 10.2. The van der Waals surface area contributed by atoms with Crippen LogP contribution in [0.25, 0.3) is 11.2 Å². The summed E-state index contributed by atoms with van der Waals surface area (Å²) in [5.41, 5.74) is 8.97. The summed E-state index contributed by atoms with van der Waals surface area (Å²) in [7, 11) is -0.377. The molecule has 2 aromatic carbocycles. The van der Waals surface area contributed by atoms with Crippen molar-refractivity contribution < 1.29 is 23.1 Å². The molecule has 13 heteroatoms. The SMILES string of the molecule is Cc1ccccc1OP(=O)(CO[C@H](C)Cn1cnc2c(N)ncnc21)O[C@H]1CSSC[C@@H]1OCc1ccccc1. The van der Waals surface area contributed by atoms with E-state index in [-0.39, 0.29) is 18.6 Å². The first-order valence-corrected chi connectivity index (χ1v) is 17.1. The van der Waals surface area contributed by atoms with Crippen LogP contribution in [0.2, 0.25) is 0 Å². The van der Waals surface area contributed by atoms with E-state index in [1.807, 2.05) is 66.9 Å². The number of nitrogens with zero attached hydrogens (tertiary/aromatic N) is 4. The molecule has 0 spiro atoms. The highest BCUT2D eigenvalue weighted by Gasteiger charge is 2.38. The van der Waals surface area contributed by atoms with Crippen LogP contribution >= 0.6 is 29.2 Å². The summed E-state index contributed by atoms with van der Waals surface area (Å²) in [6.07, 6.45) is 1.77. The van der Waals surface area contributed by atoms with Gasteiger partial charge in [-0.1, -0.05) is 70.1 Å². The van der Waals surface area contributed by atoms with Crippen LogP contribution in [0.4, 0.5) is 5.82 Å². The Morgan fingerprint density at radius 3 is 2.60 bits per heavy atom. The van der Waals surface area contributed by atoms with Gasteiger partial charge in [0.15, 0.2) is 17.8 Å². The molecule has 0 bridgehead atoms. The molecule has 4 atom stereocenters. The summed E-state index contributed by atoms with van der Waals surface area (Å²) < 4.78 is 40.8. The van der Waals surface area contributed by atoms with Gasteiger partial charge in [-0.25, -0.2) is 19.5 Å². The van der Waals surface area contributed by atoms with Gasteiger partial charge < -0.3 is 24.3 Å². The van der Waals surface area contributed by atoms with Crippen molar-refractivity contribution in [1.29, 1.82) is 0 Å². The van der Waals surface area contributed by atoms with E-state index < -0.39 is 13.7 Å². The number of aryl methyl sites for hydroxylation is 1. The number of hydrogen-bond donors (Lipinski definition) is 1. The molecule has 2 aromatic heterocycles. The molecule has 1 saturated heterocycles. The Kier molecular flexibility index (Phi) is 9.67. The number of anilines is 1. The molecule has 0 radical (unpaired) electrons. The second kappa shape index (κ2) is 13.4. The van der Waals surface area contributed by atoms with Gasteiger partial charge in [0, 0.05) is 11.5 Å². The summed E-state index contributed by atoms with van der Waals surface area (Å²) >= 11 is 0. The number of fused-ring (bicyclic) bond motifs is 1. The van der Waals surface area contributed by atoms with Crippen molar-refractivity contribution in [2.24, 2.45) is 0 Å². The van der Waals surface area contributed by atoms with Gasteiger partial charge in [-0.05, 0) is 31.0 Å². The van der Waals surface area contributed by atoms with Gasteiger partial charge in [-0.3, -0.25) is 4.52 Å². The molecule has 10 nitrogen and oxygen atoms in total. The zero-order valence-electron chi connectivity index (χ0n) is 22.3. The average molecular weight is 602 g/mol. The molecule has 2 N–H and O–H groups in total. The number of aromatic nitrogens is 4. The molecule has 5 rings (SSSR count). The number of hydrogen-bond acceptors (Lipinski definition) is 11. The zero-order chi connectivity index (χ0) is 28.0. The first kappa shape index (κ1) is 28.9. The lowest BCUT2D eigenvalue weighted by Crippen LogP contribution is -2.38. The third-order valence-electron chi connectivity index (χ3n) is 6.30. The fourth-order valence-electron chi connectivity index (χ4n) is 4.15.